The number of nitrogens with one attached hydrogen (secondary N) is 2. The second kappa shape index (κ2) is 7.90. The standard InChI is InChI=1S/C19H15F5N2O4/c20-16(21)30-12-8-6-10(7-9-12)14-13(15(27)11-4-2-1-3-5-11)18(29,19(22,23)24)26-17(28)25-14/h1-9,13-14,16,29H,(H2,25,26,28)/t13-,14-,18+/m1/s1. The molecule has 1 saturated heterocycles. The van der Waals surface area contributed by atoms with E-state index in [1.54, 1.807) is 6.07 Å². The van der Waals surface area contributed by atoms with Gasteiger partial charge in [-0.15, -0.1) is 0 Å². The number of benzene rings is 2. The maximum atomic E-state index is 13.8. The predicted molar refractivity (Wildman–Crippen MR) is 92.7 cm³/mol. The van der Waals surface area contributed by atoms with Crippen molar-refractivity contribution >= 4 is 11.8 Å². The molecule has 0 saturated carbocycles. The van der Waals surface area contributed by atoms with Gasteiger partial charge in [0.2, 0.25) is 5.72 Å². The second-order valence-electron chi connectivity index (χ2n) is 6.50. The number of amides is 2. The fraction of sp³-hybridized carbons (Fsp3) is 0.263. The maximum Gasteiger partial charge on any atom is 0.437 e. The summed E-state index contributed by atoms with van der Waals surface area (Å²) in [5, 5.41) is 14.0. The van der Waals surface area contributed by atoms with Gasteiger partial charge in [-0.1, -0.05) is 42.5 Å². The molecule has 3 rings (SSSR count). The third-order valence-electron chi connectivity index (χ3n) is 4.61. The largest absolute Gasteiger partial charge is 0.437 e. The van der Waals surface area contributed by atoms with Gasteiger partial charge in [0.05, 0.1) is 6.04 Å². The first-order chi connectivity index (χ1) is 14.0. The fourth-order valence-corrected chi connectivity index (χ4v) is 3.26. The zero-order chi connectivity index (χ0) is 22.1. The van der Waals surface area contributed by atoms with Gasteiger partial charge in [-0.05, 0) is 17.7 Å². The molecule has 0 aliphatic carbocycles. The molecule has 0 spiro atoms. The number of alkyl halides is 5. The van der Waals surface area contributed by atoms with Gasteiger partial charge in [0.1, 0.15) is 11.7 Å². The van der Waals surface area contributed by atoms with Gasteiger partial charge in [0.15, 0.2) is 5.78 Å². The molecule has 0 radical (unpaired) electrons. The minimum absolute atomic E-state index is 0.0246. The summed E-state index contributed by atoms with van der Waals surface area (Å²) in [5.74, 6) is -3.56. The average Bonchev–Trinajstić information content (AvgIpc) is 2.67. The SMILES string of the molecule is O=C1N[C@H](c2ccc(OC(F)F)cc2)[C@H](C(=O)c2ccccc2)[C@](O)(C(F)(F)F)N1. The van der Waals surface area contributed by atoms with E-state index in [4.69, 9.17) is 0 Å². The number of rotatable bonds is 5. The van der Waals surface area contributed by atoms with E-state index in [1.165, 1.54) is 29.6 Å². The quantitative estimate of drug-likeness (QED) is 0.501. The van der Waals surface area contributed by atoms with E-state index in [0.29, 0.717) is 0 Å². The summed E-state index contributed by atoms with van der Waals surface area (Å²) < 4.78 is 70.2. The van der Waals surface area contributed by atoms with Crippen LogP contribution >= 0.6 is 0 Å². The number of hydrogen-bond acceptors (Lipinski definition) is 4. The van der Waals surface area contributed by atoms with E-state index in [0.717, 1.165) is 24.3 Å². The number of ether oxygens (including phenoxy) is 1. The normalized spacial score (nSPS) is 24.2. The number of carbonyl (C=O) groups is 2. The monoisotopic (exact) mass is 430 g/mol. The molecule has 2 amide bonds. The molecule has 3 N–H and O–H groups in total. The van der Waals surface area contributed by atoms with Crippen LogP contribution < -0.4 is 15.4 Å². The van der Waals surface area contributed by atoms with Crippen LogP contribution in [0.15, 0.2) is 54.6 Å². The van der Waals surface area contributed by atoms with Crippen LogP contribution in [0, 0.1) is 5.92 Å². The Labute approximate surface area is 166 Å². The Morgan fingerprint density at radius 2 is 1.67 bits per heavy atom. The molecular formula is C19H15F5N2O4. The Kier molecular flexibility index (Phi) is 5.66. The Morgan fingerprint density at radius 1 is 1.07 bits per heavy atom. The van der Waals surface area contributed by atoms with Crippen molar-refractivity contribution in [3.8, 4) is 5.75 Å². The Balaban J connectivity index is 2.08. The van der Waals surface area contributed by atoms with E-state index in [-0.39, 0.29) is 16.9 Å². The van der Waals surface area contributed by atoms with Gasteiger partial charge in [-0.3, -0.25) is 4.79 Å². The Hall–Kier alpha value is -3.21. The van der Waals surface area contributed by atoms with Crippen molar-refractivity contribution in [1.82, 2.24) is 10.6 Å². The summed E-state index contributed by atoms with van der Waals surface area (Å²) in [5.41, 5.74) is -4.01. The lowest BCUT2D eigenvalue weighted by Crippen LogP contribution is -2.72. The van der Waals surface area contributed by atoms with Crippen LogP contribution in [0.5, 0.6) is 5.75 Å². The molecule has 3 atom stereocenters. The number of carbonyl (C=O) groups excluding carboxylic acids is 2. The highest BCUT2D eigenvalue weighted by Crippen LogP contribution is 2.44. The van der Waals surface area contributed by atoms with E-state index in [1.807, 2.05) is 0 Å². The minimum Gasteiger partial charge on any atom is -0.435 e. The number of hydrogen-bond donors (Lipinski definition) is 3. The van der Waals surface area contributed by atoms with E-state index in [9.17, 15) is 36.6 Å². The molecule has 2 aromatic carbocycles. The summed E-state index contributed by atoms with van der Waals surface area (Å²) in [7, 11) is 0. The lowest BCUT2D eigenvalue weighted by molar-refractivity contribution is -0.287. The first-order valence-electron chi connectivity index (χ1n) is 8.55. The number of Topliss-reactive ketones (excluding diaryl/α,β-unsaturated/α-hetero) is 1. The van der Waals surface area contributed by atoms with Crippen LogP contribution in [0.4, 0.5) is 26.7 Å². The van der Waals surface area contributed by atoms with Gasteiger partial charge in [-0.2, -0.15) is 22.0 Å². The lowest BCUT2D eigenvalue weighted by atomic mass is 9.77. The molecule has 0 bridgehead atoms. The van der Waals surface area contributed by atoms with Gasteiger partial charge in [0.25, 0.3) is 0 Å². The Morgan fingerprint density at radius 3 is 2.20 bits per heavy atom. The summed E-state index contributed by atoms with van der Waals surface area (Å²) in [4.78, 5) is 24.9. The van der Waals surface area contributed by atoms with Gasteiger partial charge in [0, 0.05) is 5.56 Å². The maximum absolute atomic E-state index is 13.8. The van der Waals surface area contributed by atoms with Crippen molar-refractivity contribution in [2.45, 2.75) is 24.6 Å². The Bertz CT molecular complexity index is 921. The van der Waals surface area contributed by atoms with Crippen molar-refractivity contribution in [3.05, 3.63) is 65.7 Å². The molecular weight excluding hydrogens is 415 g/mol. The number of ketones is 1. The first-order valence-corrected chi connectivity index (χ1v) is 8.55. The van der Waals surface area contributed by atoms with Gasteiger partial charge in [-0.25, -0.2) is 4.79 Å². The smallest absolute Gasteiger partial charge is 0.435 e. The molecule has 2 aromatic rings. The molecule has 0 unspecified atom stereocenters. The second-order valence-corrected chi connectivity index (χ2v) is 6.50. The van der Waals surface area contributed by atoms with Crippen LogP contribution in [-0.4, -0.2) is 35.4 Å². The summed E-state index contributed by atoms with van der Waals surface area (Å²) >= 11 is 0. The van der Waals surface area contributed by atoms with E-state index < -0.39 is 42.3 Å². The lowest BCUT2D eigenvalue weighted by Gasteiger charge is -2.45. The van der Waals surface area contributed by atoms with E-state index in [2.05, 4.69) is 10.1 Å². The molecule has 11 heteroatoms. The van der Waals surface area contributed by atoms with Crippen LogP contribution in [0.3, 0.4) is 0 Å². The highest BCUT2D eigenvalue weighted by Gasteiger charge is 2.66. The van der Waals surface area contributed by atoms with Gasteiger partial charge < -0.3 is 20.5 Å². The van der Waals surface area contributed by atoms with Crippen LogP contribution in [0.2, 0.25) is 0 Å². The summed E-state index contributed by atoms with van der Waals surface area (Å²) in [6, 6.07) is 8.32. The number of halogens is 5. The van der Waals surface area contributed by atoms with Crippen molar-refractivity contribution in [2.24, 2.45) is 5.92 Å². The molecule has 1 aliphatic heterocycles. The zero-order valence-corrected chi connectivity index (χ0v) is 15.0. The average molecular weight is 430 g/mol. The zero-order valence-electron chi connectivity index (χ0n) is 15.0. The topological polar surface area (TPSA) is 87.7 Å². The molecule has 1 aliphatic rings. The first kappa shape index (κ1) is 21.5. The van der Waals surface area contributed by atoms with Crippen molar-refractivity contribution in [2.75, 3.05) is 0 Å². The minimum atomic E-state index is -5.39. The number of urea groups is 1. The number of aliphatic hydroxyl groups is 1. The predicted octanol–water partition coefficient (Wildman–Crippen LogP) is 3.39. The molecule has 0 aromatic heterocycles. The van der Waals surface area contributed by atoms with Crippen molar-refractivity contribution < 1.29 is 41.4 Å². The van der Waals surface area contributed by atoms with Crippen LogP contribution in [0.25, 0.3) is 0 Å². The van der Waals surface area contributed by atoms with E-state index >= 15 is 0 Å². The third-order valence-corrected chi connectivity index (χ3v) is 4.61. The van der Waals surface area contributed by atoms with Crippen molar-refractivity contribution in [3.63, 3.8) is 0 Å². The highest BCUT2D eigenvalue weighted by molar-refractivity contribution is 6.00. The van der Waals surface area contributed by atoms with Crippen LogP contribution in [0.1, 0.15) is 22.0 Å². The summed E-state index contributed by atoms with van der Waals surface area (Å²) in [6.07, 6.45) is -5.39. The molecule has 30 heavy (non-hydrogen) atoms. The molecule has 1 heterocycles. The molecule has 160 valence electrons. The van der Waals surface area contributed by atoms with Gasteiger partial charge >= 0.3 is 18.8 Å². The molecule has 6 nitrogen and oxygen atoms in total. The van der Waals surface area contributed by atoms with Crippen LogP contribution in [-0.2, 0) is 0 Å². The fourth-order valence-electron chi connectivity index (χ4n) is 3.26. The third kappa shape index (κ3) is 4.06. The summed E-state index contributed by atoms with van der Waals surface area (Å²) in [6.45, 7) is -3.11. The highest BCUT2D eigenvalue weighted by atomic mass is 19.4. The van der Waals surface area contributed by atoms with Crippen molar-refractivity contribution in [1.29, 1.82) is 0 Å². The molecule has 1 fully saturated rings.